The van der Waals surface area contributed by atoms with Crippen LogP contribution in [0.2, 0.25) is 0 Å². The Kier molecular flexibility index (Phi) is 5.86. The minimum atomic E-state index is -0.0107. The molecule has 0 heterocycles. The Labute approximate surface area is 109 Å². The summed E-state index contributed by atoms with van der Waals surface area (Å²) in [6.07, 6.45) is 0.459. The summed E-state index contributed by atoms with van der Waals surface area (Å²) in [5.74, 6) is 0.719. The van der Waals surface area contributed by atoms with Gasteiger partial charge in [-0.15, -0.1) is 0 Å². The minimum absolute atomic E-state index is 0.00974. The summed E-state index contributed by atoms with van der Waals surface area (Å²) in [5.41, 5.74) is 2.49. The number of hydrogen-bond donors (Lipinski definition) is 2. The Morgan fingerprint density at radius 1 is 1.17 bits per heavy atom. The van der Waals surface area contributed by atoms with Gasteiger partial charge in [-0.3, -0.25) is 4.79 Å². The Hall–Kier alpha value is -1.35. The third kappa shape index (κ3) is 4.49. The number of hydrogen-bond acceptors (Lipinski definition) is 2. The van der Waals surface area contributed by atoms with Crippen LogP contribution in [0, 0.1) is 0 Å². The first-order valence-electron chi connectivity index (χ1n) is 6.52. The second-order valence-electron chi connectivity index (χ2n) is 5.00. The summed E-state index contributed by atoms with van der Waals surface area (Å²) in [4.78, 5) is 11.5. The van der Waals surface area contributed by atoms with Crippen LogP contribution in [0.15, 0.2) is 24.3 Å². The first kappa shape index (κ1) is 14.7. The summed E-state index contributed by atoms with van der Waals surface area (Å²) in [6, 6.07) is 8.45. The molecule has 0 bridgehead atoms. The molecule has 0 saturated carbocycles. The normalized spacial score (nSPS) is 12.5. The van der Waals surface area contributed by atoms with Gasteiger partial charge in [0, 0.05) is 13.0 Å². The molecule has 1 aromatic rings. The van der Waals surface area contributed by atoms with E-state index in [9.17, 15) is 4.79 Å². The highest BCUT2D eigenvalue weighted by Crippen LogP contribution is 2.22. The molecule has 0 radical (unpaired) electrons. The summed E-state index contributed by atoms with van der Waals surface area (Å²) in [5, 5.41) is 11.3. The molecule has 0 saturated heterocycles. The van der Waals surface area contributed by atoms with Gasteiger partial charge in [-0.05, 0) is 23.0 Å². The molecule has 0 fully saturated rings. The minimum Gasteiger partial charge on any atom is -0.395 e. The zero-order valence-corrected chi connectivity index (χ0v) is 11.4. The molecule has 18 heavy (non-hydrogen) atoms. The van der Waals surface area contributed by atoms with Crippen LogP contribution in [0.5, 0.6) is 0 Å². The van der Waals surface area contributed by atoms with E-state index >= 15 is 0 Å². The van der Waals surface area contributed by atoms with Crippen LogP contribution in [0.1, 0.15) is 50.2 Å². The molecule has 1 atom stereocenters. The lowest BCUT2D eigenvalue weighted by Crippen LogP contribution is -2.27. The molecule has 0 aromatic heterocycles. The second-order valence-corrected chi connectivity index (χ2v) is 5.00. The zero-order valence-electron chi connectivity index (χ0n) is 11.4. The SMILES string of the molecule is CC(C)c1ccc(C(C)CC(=O)NCCO)cc1. The molecule has 1 amide bonds. The van der Waals surface area contributed by atoms with E-state index in [2.05, 4.69) is 43.4 Å². The number of aliphatic hydroxyl groups excluding tert-OH is 1. The monoisotopic (exact) mass is 249 g/mol. The van der Waals surface area contributed by atoms with E-state index in [-0.39, 0.29) is 18.4 Å². The smallest absolute Gasteiger partial charge is 0.220 e. The van der Waals surface area contributed by atoms with E-state index in [4.69, 9.17) is 5.11 Å². The quantitative estimate of drug-likeness (QED) is 0.813. The summed E-state index contributed by atoms with van der Waals surface area (Å²) in [6.45, 7) is 6.70. The van der Waals surface area contributed by atoms with E-state index < -0.39 is 0 Å². The molecule has 3 nitrogen and oxygen atoms in total. The van der Waals surface area contributed by atoms with E-state index in [1.54, 1.807) is 0 Å². The van der Waals surface area contributed by atoms with E-state index in [1.165, 1.54) is 11.1 Å². The first-order valence-corrected chi connectivity index (χ1v) is 6.52. The van der Waals surface area contributed by atoms with Gasteiger partial charge in [-0.1, -0.05) is 45.0 Å². The van der Waals surface area contributed by atoms with Crippen LogP contribution in [0.4, 0.5) is 0 Å². The van der Waals surface area contributed by atoms with Gasteiger partial charge in [-0.25, -0.2) is 0 Å². The molecular formula is C15H23NO2. The molecule has 1 aromatic carbocycles. The van der Waals surface area contributed by atoms with Crippen molar-refractivity contribution in [3.63, 3.8) is 0 Å². The van der Waals surface area contributed by atoms with Crippen LogP contribution in [0.25, 0.3) is 0 Å². The number of carbonyl (C=O) groups excluding carboxylic acids is 1. The third-order valence-electron chi connectivity index (χ3n) is 3.10. The second kappa shape index (κ2) is 7.17. The van der Waals surface area contributed by atoms with Gasteiger partial charge in [0.25, 0.3) is 0 Å². The Morgan fingerprint density at radius 2 is 1.72 bits per heavy atom. The molecule has 0 aliphatic rings. The number of aliphatic hydroxyl groups is 1. The Balaban J connectivity index is 2.56. The lowest BCUT2D eigenvalue weighted by Gasteiger charge is -2.13. The molecule has 100 valence electrons. The lowest BCUT2D eigenvalue weighted by atomic mass is 9.94. The molecule has 0 spiro atoms. The van der Waals surface area contributed by atoms with Gasteiger partial charge < -0.3 is 10.4 Å². The highest BCUT2D eigenvalue weighted by molar-refractivity contribution is 5.76. The maximum absolute atomic E-state index is 11.5. The Morgan fingerprint density at radius 3 is 2.22 bits per heavy atom. The van der Waals surface area contributed by atoms with Crippen molar-refractivity contribution >= 4 is 5.91 Å². The van der Waals surface area contributed by atoms with Gasteiger partial charge in [-0.2, -0.15) is 0 Å². The largest absolute Gasteiger partial charge is 0.395 e. The summed E-state index contributed by atoms with van der Waals surface area (Å²) >= 11 is 0. The number of rotatable bonds is 6. The zero-order chi connectivity index (χ0) is 13.5. The van der Waals surface area contributed by atoms with Crippen molar-refractivity contribution < 1.29 is 9.90 Å². The number of amides is 1. The lowest BCUT2D eigenvalue weighted by molar-refractivity contribution is -0.121. The maximum atomic E-state index is 11.5. The molecule has 0 aliphatic heterocycles. The summed E-state index contributed by atoms with van der Waals surface area (Å²) < 4.78 is 0. The average molecular weight is 249 g/mol. The molecule has 3 heteroatoms. The summed E-state index contributed by atoms with van der Waals surface area (Å²) in [7, 11) is 0. The van der Waals surface area contributed by atoms with Gasteiger partial charge in [0.2, 0.25) is 5.91 Å². The predicted molar refractivity (Wildman–Crippen MR) is 73.7 cm³/mol. The third-order valence-corrected chi connectivity index (χ3v) is 3.10. The van der Waals surface area contributed by atoms with Crippen molar-refractivity contribution in [2.24, 2.45) is 0 Å². The van der Waals surface area contributed by atoms with E-state index in [0.717, 1.165) is 0 Å². The number of benzene rings is 1. The maximum Gasteiger partial charge on any atom is 0.220 e. The standard InChI is InChI=1S/C15H23NO2/c1-11(2)13-4-6-14(7-5-13)12(3)10-15(18)16-8-9-17/h4-7,11-12,17H,8-10H2,1-3H3,(H,16,18). The topological polar surface area (TPSA) is 49.3 Å². The molecule has 2 N–H and O–H groups in total. The average Bonchev–Trinajstić information content (AvgIpc) is 2.36. The fourth-order valence-electron chi connectivity index (χ4n) is 1.87. The van der Waals surface area contributed by atoms with Crippen LogP contribution in [-0.4, -0.2) is 24.2 Å². The van der Waals surface area contributed by atoms with Crippen LogP contribution >= 0.6 is 0 Å². The van der Waals surface area contributed by atoms with E-state index in [0.29, 0.717) is 18.9 Å². The van der Waals surface area contributed by atoms with Gasteiger partial charge in [0.1, 0.15) is 0 Å². The number of nitrogens with one attached hydrogen (secondary N) is 1. The van der Waals surface area contributed by atoms with Crippen molar-refractivity contribution in [1.82, 2.24) is 5.32 Å². The number of carbonyl (C=O) groups is 1. The van der Waals surface area contributed by atoms with Crippen molar-refractivity contribution in [3.8, 4) is 0 Å². The van der Waals surface area contributed by atoms with Crippen LogP contribution in [0.3, 0.4) is 0 Å². The van der Waals surface area contributed by atoms with Gasteiger partial charge >= 0.3 is 0 Å². The highest BCUT2D eigenvalue weighted by Gasteiger charge is 2.11. The molecular weight excluding hydrogens is 226 g/mol. The van der Waals surface area contributed by atoms with Crippen molar-refractivity contribution in [2.75, 3.05) is 13.2 Å². The highest BCUT2D eigenvalue weighted by atomic mass is 16.3. The Bertz CT molecular complexity index is 371. The van der Waals surface area contributed by atoms with Gasteiger partial charge in [0.05, 0.1) is 6.61 Å². The molecule has 1 unspecified atom stereocenters. The molecule has 1 rings (SSSR count). The fraction of sp³-hybridized carbons (Fsp3) is 0.533. The van der Waals surface area contributed by atoms with Crippen molar-refractivity contribution in [1.29, 1.82) is 0 Å². The van der Waals surface area contributed by atoms with Crippen LogP contribution < -0.4 is 5.32 Å². The van der Waals surface area contributed by atoms with Crippen molar-refractivity contribution in [2.45, 2.75) is 39.0 Å². The van der Waals surface area contributed by atoms with Gasteiger partial charge in [0.15, 0.2) is 0 Å². The molecule has 0 aliphatic carbocycles. The van der Waals surface area contributed by atoms with E-state index in [1.807, 2.05) is 6.92 Å². The predicted octanol–water partition coefficient (Wildman–Crippen LogP) is 2.41. The van der Waals surface area contributed by atoms with Crippen LogP contribution in [-0.2, 0) is 4.79 Å². The first-order chi connectivity index (χ1) is 8.54. The fourth-order valence-corrected chi connectivity index (χ4v) is 1.87. The van der Waals surface area contributed by atoms with Crippen molar-refractivity contribution in [3.05, 3.63) is 35.4 Å².